The number of sulfonamides is 1. The molecule has 3 aromatic rings. The number of carbonyl (C=O) groups excluding carboxylic acids is 2. The highest BCUT2D eigenvalue weighted by Gasteiger charge is 2.20. The van der Waals surface area contributed by atoms with Crippen LogP contribution in [0.5, 0.6) is 0 Å². The maximum absolute atomic E-state index is 13.0. The topological polar surface area (TPSA) is 104 Å². The SMILES string of the molecule is CC[C@@H](C)NC(=O)c1ccccc1NC(=O)c1ccc(C)c(S(=O)(=O)Nc2ccccc2)c1. The molecule has 3 aromatic carbocycles. The van der Waals surface area contributed by atoms with E-state index in [0.29, 0.717) is 22.5 Å². The summed E-state index contributed by atoms with van der Waals surface area (Å²) in [5.74, 6) is -0.811. The first kappa shape index (κ1) is 24.0. The van der Waals surface area contributed by atoms with Crippen molar-refractivity contribution >= 4 is 33.2 Å². The lowest BCUT2D eigenvalue weighted by atomic mass is 10.1. The maximum Gasteiger partial charge on any atom is 0.262 e. The van der Waals surface area contributed by atoms with Crippen molar-refractivity contribution in [3.8, 4) is 0 Å². The van der Waals surface area contributed by atoms with Gasteiger partial charge in [-0.05, 0) is 62.2 Å². The summed E-state index contributed by atoms with van der Waals surface area (Å²) in [5.41, 5.74) is 1.76. The second-order valence-electron chi connectivity index (χ2n) is 7.73. The van der Waals surface area contributed by atoms with Crippen molar-refractivity contribution in [3.05, 3.63) is 89.5 Å². The zero-order valence-electron chi connectivity index (χ0n) is 18.8. The minimum Gasteiger partial charge on any atom is -0.350 e. The highest BCUT2D eigenvalue weighted by Crippen LogP contribution is 2.22. The Kier molecular flexibility index (Phi) is 7.50. The predicted molar refractivity (Wildman–Crippen MR) is 130 cm³/mol. The molecule has 1 atom stereocenters. The summed E-state index contributed by atoms with van der Waals surface area (Å²) < 4.78 is 28.4. The third-order valence-corrected chi connectivity index (χ3v) is 6.70. The van der Waals surface area contributed by atoms with Crippen LogP contribution in [-0.2, 0) is 10.0 Å². The monoisotopic (exact) mass is 465 g/mol. The van der Waals surface area contributed by atoms with Crippen LogP contribution in [0, 0.1) is 6.92 Å². The van der Waals surface area contributed by atoms with Gasteiger partial charge in [-0.25, -0.2) is 8.42 Å². The fraction of sp³-hybridized carbons (Fsp3) is 0.200. The van der Waals surface area contributed by atoms with Crippen LogP contribution in [0.4, 0.5) is 11.4 Å². The lowest BCUT2D eigenvalue weighted by Gasteiger charge is -2.15. The summed E-state index contributed by atoms with van der Waals surface area (Å²) in [6, 6.07) is 19.7. The molecule has 7 nitrogen and oxygen atoms in total. The van der Waals surface area contributed by atoms with Crippen molar-refractivity contribution in [1.29, 1.82) is 0 Å². The second-order valence-corrected chi connectivity index (χ2v) is 9.39. The van der Waals surface area contributed by atoms with E-state index < -0.39 is 15.9 Å². The van der Waals surface area contributed by atoms with Gasteiger partial charge in [0, 0.05) is 17.3 Å². The normalized spacial score (nSPS) is 12.0. The molecule has 0 aliphatic carbocycles. The van der Waals surface area contributed by atoms with Gasteiger partial charge in [-0.15, -0.1) is 0 Å². The Morgan fingerprint density at radius 2 is 1.58 bits per heavy atom. The van der Waals surface area contributed by atoms with Gasteiger partial charge in [-0.3, -0.25) is 14.3 Å². The fourth-order valence-corrected chi connectivity index (χ4v) is 4.47. The number of rotatable bonds is 8. The Labute approximate surface area is 194 Å². The molecule has 0 heterocycles. The highest BCUT2D eigenvalue weighted by atomic mass is 32.2. The summed E-state index contributed by atoms with van der Waals surface area (Å²) in [5, 5.41) is 5.61. The quantitative estimate of drug-likeness (QED) is 0.453. The van der Waals surface area contributed by atoms with Crippen LogP contribution < -0.4 is 15.4 Å². The van der Waals surface area contributed by atoms with Crippen LogP contribution in [0.3, 0.4) is 0 Å². The molecule has 2 amide bonds. The Morgan fingerprint density at radius 3 is 2.27 bits per heavy atom. The molecule has 0 aromatic heterocycles. The molecule has 0 bridgehead atoms. The number of anilines is 2. The number of aryl methyl sites for hydroxylation is 1. The maximum atomic E-state index is 13.0. The van der Waals surface area contributed by atoms with E-state index in [2.05, 4.69) is 15.4 Å². The predicted octanol–water partition coefficient (Wildman–Crippen LogP) is 4.58. The number of benzene rings is 3. The number of hydrogen-bond acceptors (Lipinski definition) is 4. The van der Waals surface area contributed by atoms with Gasteiger partial charge in [-0.1, -0.05) is 43.3 Å². The molecule has 0 radical (unpaired) electrons. The molecular weight excluding hydrogens is 438 g/mol. The van der Waals surface area contributed by atoms with E-state index >= 15 is 0 Å². The van der Waals surface area contributed by atoms with Crippen LogP contribution in [0.2, 0.25) is 0 Å². The first-order valence-corrected chi connectivity index (χ1v) is 12.1. The largest absolute Gasteiger partial charge is 0.350 e. The van der Waals surface area contributed by atoms with E-state index in [9.17, 15) is 18.0 Å². The molecule has 3 N–H and O–H groups in total. The average molecular weight is 466 g/mol. The molecule has 172 valence electrons. The first-order chi connectivity index (χ1) is 15.7. The fourth-order valence-electron chi connectivity index (χ4n) is 3.14. The smallest absolute Gasteiger partial charge is 0.262 e. The first-order valence-electron chi connectivity index (χ1n) is 10.6. The summed E-state index contributed by atoms with van der Waals surface area (Å²) >= 11 is 0. The standard InChI is InChI=1S/C25H27N3O4S/c1-4-18(3)26-25(30)21-12-8-9-13-22(21)27-24(29)19-15-14-17(2)23(16-19)33(31,32)28-20-10-6-5-7-11-20/h5-16,18,28H,4H2,1-3H3,(H,26,30)(H,27,29)/t18-/m1/s1. The summed E-state index contributed by atoms with van der Waals surface area (Å²) in [4.78, 5) is 25.6. The van der Waals surface area contributed by atoms with E-state index in [0.717, 1.165) is 6.42 Å². The van der Waals surface area contributed by atoms with Crippen molar-refractivity contribution in [1.82, 2.24) is 5.32 Å². The third-order valence-electron chi connectivity index (χ3n) is 5.18. The molecule has 33 heavy (non-hydrogen) atoms. The van der Waals surface area contributed by atoms with E-state index in [1.807, 2.05) is 13.8 Å². The van der Waals surface area contributed by atoms with E-state index in [-0.39, 0.29) is 22.4 Å². The van der Waals surface area contributed by atoms with Gasteiger partial charge in [-0.2, -0.15) is 0 Å². The summed E-state index contributed by atoms with van der Waals surface area (Å²) in [6.07, 6.45) is 0.776. The Hall–Kier alpha value is -3.65. The van der Waals surface area contributed by atoms with Gasteiger partial charge in [0.05, 0.1) is 16.1 Å². The molecule has 0 aliphatic rings. The summed E-state index contributed by atoms with van der Waals surface area (Å²) in [6.45, 7) is 5.53. The average Bonchev–Trinajstić information content (AvgIpc) is 2.79. The molecule has 3 rings (SSSR count). The van der Waals surface area contributed by atoms with Crippen LogP contribution >= 0.6 is 0 Å². The lowest BCUT2D eigenvalue weighted by Crippen LogP contribution is -2.32. The zero-order chi connectivity index (χ0) is 24.0. The Bertz CT molecular complexity index is 1260. The Balaban J connectivity index is 1.86. The lowest BCUT2D eigenvalue weighted by molar-refractivity contribution is 0.0940. The molecule has 0 spiro atoms. The number of nitrogens with one attached hydrogen (secondary N) is 3. The molecule has 0 unspecified atom stereocenters. The van der Waals surface area contributed by atoms with Crippen LogP contribution in [0.15, 0.2) is 77.7 Å². The van der Waals surface area contributed by atoms with Gasteiger partial charge in [0.15, 0.2) is 0 Å². The summed E-state index contributed by atoms with van der Waals surface area (Å²) in [7, 11) is -3.91. The molecule has 0 aliphatic heterocycles. The molecular formula is C25H27N3O4S. The molecule has 0 fully saturated rings. The van der Waals surface area contributed by atoms with Gasteiger partial charge in [0.1, 0.15) is 0 Å². The van der Waals surface area contributed by atoms with Crippen LogP contribution in [0.25, 0.3) is 0 Å². The number of amides is 2. The number of hydrogen-bond donors (Lipinski definition) is 3. The van der Waals surface area contributed by atoms with Crippen molar-refractivity contribution in [2.75, 3.05) is 10.0 Å². The van der Waals surface area contributed by atoms with Crippen molar-refractivity contribution in [3.63, 3.8) is 0 Å². The second kappa shape index (κ2) is 10.3. The number of carbonyl (C=O) groups is 2. The molecule has 0 saturated heterocycles. The third kappa shape index (κ3) is 5.98. The zero-order valence-corrected chi connectivity index (χ0v) is 19.6. The van der Waals surface area contributed by atoms with Crippen LogP contribution in [0.1, 0.15) is 46.5 Å². The Morgan fingerprint density at radius 1 is 0.909 bits per heavy atom. The van der Waals surface area contributed by atoms with Crippen LogP contribution in [-0.4, -0.2) is 26.3 Å². The van der Waals surface area contributed by atoms with Crippen molar-refractivity contribution in [2.24, 2.45) is 0 Å². The molecule has 8 heteroatoms. The van der Waals surface area contributed by atoms with E-state index in [1.165, 1.54) is 6.07 Å². The van der Waals surface area contributed by atoms with Crippen molar-refractivity contribution < 1.29 is 18.0 Å². The van der Waals surface area contributed by atoms with E-state index in [1.54, 1.807) is 73.7 Å². The van der Waals surface area contributed by atoms with Gasteiger partial charge in [0.25, 0.3) is 21.8 Å². The highest BCUT2D eigenvalue weighted by molar-refractivity contribution is 7.92. The van der Waals surface area contributed by atoms with Gasteiger partial charge >= 0.3 is 0 Å². The van der Waals surface area contributed by atoms with Crippen molar-refractivity contribution in [2.45, 2.75) is 38.1 Å². The minimum absolute atomic E-state index is 0.00167. The minimum atomic E-state index is -3.91. The van der Waals surface area contributed by atoms with Gasteiger partial charge in [0.2, 0.25) is 0 Å². The van der Waals surface area contributed by atoms with E-state index in [4.69, 9.17) is 0 Å². The van der Waals surface area contributed by atoms with Gasteiger partial charge < -0.3 is 10.6 Å². The molecule has 0 saturated carbocycles. The number of para-hydroxylation sites is 2.